The van der Waals surface area contributed by atoms with E-state index in [1.807, 2.05) is 31.2 Å². The molecule has 5 heteroatoms. The average Bonchev–Trinajstić information content (AvgIpc) is 2.76. The Balaban J connectivity index is 2.13. The number of nitrogen functional groups attached to an aromatic ring is 1. The first-order valence-corrected chi connectivity index (χ1v) is 6.73. The van der Waals surface area contributed by atoms with E-state index in [2.05, 4.69) is 5.32 Å². The van der Waals surface area contributed by atoms with Crippen molar-refractivity contribution in [3.05, 3.63) is 51.2 Å². The zero-order valence-corrected chi connectivity index (χ0v) is 11.4. The highest BCUT2D eigenvalue weighted by atomic mass is 35.5. The van der Waals surface area contributed by atoms with Gasteiger partial charge < -0.3 is 11.1 Å². The molecule has 0 saturated heterocycles. The molecule has 0 bridgehead atoms. The van der Waals surface area contributed by atoms with Crippen LogP contribution in [0.25, 0.3) is 0 Å². The van der Waals surface area contributed by atoms with Crippen LogP contribution in [0.5, 0.6) is 0 Å². The Morgan fingerprint density at radius 1 is 1.39 bits per heavy atom. The predicted molar refractivity (Wildman–Crippen MR) is 76.1 cm³/mol. The summed E-state index contributed by atoms with van der Waals surface area (Å²) in [5, 5.41) is 5.16. The molecule has 3 nitrogen and oxygen atoms in total. The molecule has 1 heterocycles. The van der Waals surface area contributed by atoms with Gasteiger partial charge in [-0.05, 0) is 30.0 Å². The Labute approximate surface area is 115 Å². The van der Waals surface area contributed by atoms with Crippen molar-refractivity contribution in [2.75, 3.05) is 5.73 Å². The first-order valence-electron chi connectivity index (χ1n) is 5.48. The fourth-order valence-corrected chi connectivity index (χ4v) is 2.74. The van der Waals surface area contributed by atoms with Crippen LogP contribution in [-0.2, 0) is 0 Å². The third-order valence-corrected chi connectivity index (χ3v) is 3.97. The van der Waals surface area contributed by atoms with Gasteiger partial charge in [-0.3, -0.25) is 4.79 Å². The van der Waals surface area contributed by atoms with Gasteiger partial charge in [-0.2, -0.15) is 0 Å². The van der Waals surface area contributed by atoms with Crippen LogP contribution >= 0.6 is 22.9 Å². The summed E-state index contributed by atoms with van der Waals surface area (Å²) < 4.78 is 0. The predicted octanol–water partition coefficient (Wildman–Crippen LogP) is 3.47. The summed E-state index contributed by atoms with van der Waals surface area (Å²) in [4.78, 5) is 12.5. The van der Waals surface area contributed by atoms with E-state index in [9.17, 15) is 4.79 Å². The van der Waals surface area contributed by atoms with Crippen molar-refractivity contribution in [3.8, 4) is 0 Å². The summed E-state index contributed by atoms with van der Waals surface area (Å²) in [6.07, 6.45) is 0. The van der Waals surface area contributed by atoms with Crippen molar-refractivity contribution < 1.29 is 4.79 Å². The summed E-state index contributed by atoms with van der Waals surface area (Å²) >= 11 is 7.24. The maximum atomic E-state index is 12.0. The minimum atomic E-state index is -0.175. The van der Waals surface area contributed by atoms with E-state index < -0.39 is 0 Å². The Kier molecular flexibility index (Phi) is 3.89. The highest BCUT2D eigenvalue weighted by Crippen LogP contribution is 2.24. The molecule has 1 amide bonds. The van der Waals surface area contributed by atoms with Crippen LogP contribution in [0.15, 0.2) is 35.7 Å². The number of para-hydroxylation sites is 1. The highest BCUT2D eigenvalue weighted by molar-refractivity contribution is 7.12. The van der Waals surface area contributed by atoms with Crippen LogP contribution in [0.3, 0.4) is 0 Å². The SMILES string of the molecule is CC(NC(=O)c1sccc1Cl)c1ccccc1N. The zero-order valence-electron chi connectivity index (χ0n) is 9.81. The molecular weight excluding hydrogens is 268 g/mol. The van der Waals surface area contributed by atoms with E-state index in [1.54, 1.807) is 11.4 Å². The van der Waals surface area contributed by atoms with Crippen molar-refractivity contribution in [2.24, 2.45) is 0 Å². The fraction of sp³-hybridized carbons (Fsp3) is 0.154. The van der Waals surface area contributed by atoms with Crippen molar-refractivity contribution >= 4 is 34.5 Å². The van der Waals surface area contributed by atoms with Crippen LogP contribution in [0.2, 0.25) is 5.02 Å². The molecule has 0 aliphatic carbocycles. The van der Waals surface area contributed by atoms with E-state index in [0.717, 1.165) is 5.56 Å². The zero-order chi connectivity index (χ0) is 13.1. The first-order chi connectivity index (χ1) is 8.59. The lowest BCUT2D eigenvalue weighted by Gasteiger charge is -2.15. The minimum Gasteiger partial charge on any atom is -0.398 e. The number of carbonyl (C=O) groups is 1. The second-order valence-electron chi connectivity index (χ2n) is 3.92. The molecule has 18 heavy (non-hydrogen) atoms. The van der Waals surface area contributed by atoms with Crippen LogP contribution in [0, 0.1) is 0 Å². The van der Waals surface area contributed by atoms with Gasteiger partial charge in [0.15, 0.2) is 0 Å². The van der Waals surface area contributed by atoms with E-state index in [4.69, 9.17) is 17.3 Å². The van der Waals surface area contributed by atoms with Gasteiger partial charge in [-0.15, -0.1) is 11.3 Å². The summed E-state index contributed by atoms with van der Waals surface area (Å²) in [5.74, 6) is -0.175. The molecule has 1 atom stereocenters. The Morgan fingerprint density at radius 3 is 2.72 bits per heavy atom. The molecule has 0 fully saturated rings. The third-order valence-electron chi connectivity index (χ3n) is 2.63. The molecule has 1 aromatic heterocycles. The molecule has 2 rings (SSSR count). The largest absolute Gasteiger partial charge is 0.398 e. The van der Waals surface area contributed by atoms with Gasteiger partial charge in [-0.25, -0.2) is 0 Å². The van der Waals surface area contributed by atoms with Crippen LogP contribution < -0.4 is 11.1 Å². The molecule has 0 radical (unpaired) electrons. The quantitative estimate of drug-likeness (QED) is 0.846. The lowest BCUT2D eigenvalue weighted by Crippen LogP contribution is -2.26. The lowest BCUT2D eigenvalue weighted by molar-refractivity contribution is 0.0944. The van der Waals surface area contributed by atoms with Gasteiger partial charge in [0, 0.05) is 5.69 Å². The molecule has 1 unspecified atom stereocenters. The number of anilines is 1. The number of nitrogens with two attached hydrogens (primary N) is 1. The van der Waals surface area contributed by atoms with Gasteiger partial charge in [0.05, 0.1) is 11.1 Å². The van der Waals surface area contributed by atoms with Gasteiger partial charge in [0.25, 0.3) is 5.91 Å². The number of nitrogens with one attached hydrogen (secondary N) is 1. The van der Waals surface area contributed by atoms with Gasteiger partial charge in [-0.1, -0.05) is 29.8 Å². The number of hydrogen-bond acceptors (Lipinski definition) is 3. The van der Waals surface area contributed by atoms with E-state index in [0.29, 0.717) is 15.6 Å². The Bertz CT molecular complexity index is 568. The Hall–Kier alpha value is -1.52. The molecule has 0 aliphatic heterocycles. The number of rotatable bonds is 3. The van der Waals surface area contributed by atoms with Crippen molar-refractivity contribution in [3.63, 3.8) is 0 Å². The molecular formula is C13H13ClN2OS. The number of thiophene rings is 1. The molecule has 0 spiro atoms. The number of benzene rings is 1. The standard InChI is InChI=1S/C13H13ClN2OS/c1-8(9-4-2-3-5-11(9)15)16-13(17)12-10(14)6-7-18-12/h2-8H,15H2,1H3,(H,16,17). The van der Waals surface area contributed by atoms with E-state index >= 15 is 0 Å². The normalized spacial score (nSPS) is 12.1. The highest BCUT2D eigenvalue weighted by Gasteiger charge is 2.16. The molecule has 1 aromatic carbocycles. The number of hydrogen-bond donors (Lipinski definition) is 2. The maximum absolute atomic E-state index is 12.0. The molecule has 0 aliphatic rings. The second-order valence-corrected chi connectivity index (χ2v) is 5.25. The van der Waals surface area contributed by atoms with Crippen LogP contribution in [0.4, 0.5) is 5.69 Å². The number of carbonyl (C=O) groups excluding carboxylic acids is 1. The monoisotopic (exact) mass is 280 g/mol. The van der Waals surface area contributed by atoms with Gasteiger partial charge >= 0.3 is 0 Å². The molecule has 94 valence electrons. The third kappa shape index (κ3) is 2.66. The van der Waals surface area contributed by atoms with Crippen LogP contribution in [-0.4, -0.2) is 5.91 Å². The maximum Gasteiger partial charge on any atom is 0.263 e. The fourth-order valence-electron chi connectivity index (χ4n) is 1.70. The minimum absolute atomic E-state index is 0.156. The number of amides is 1. The Morgan fingerprint density at radius 2 is 2.11 bits per heavy atom. The van der Waals surface area contributed by atoms with Crippen LogP contribution in [0.1, 0.15) is 28.2 Å². The smallest absolute Gasteiger partial charge is 0.263 e. The molecule has 2 aromatic rings. The topological polar surface area (TPSA) is 55.1 Å². The van der Waals surface area contributed by atoms with Crippen molar-refractivity contribution in [1.29, 1.82) is 0 Å². The first kappa shape index (κ1) is 12.9. The van der Waals surface area contributed by atoms with Gasteiger partial charge in [0.2, 0.25) is 0 Å². The second kappa shape index (κ2) is 5.42. The van der Waals surface area contributed by atoms with Gasteiger partial charge in [0.1, 0.15) is 4.88 Å². The van der Waals surface area contributed by atoms with Crippen molar-refractivity contribution in [1.82, 2.24) is 5.32 Å². The van der Waals surface area contributed by atoms with E-state index in [-0.39, 0.29) is 11.9 Å². The summed E-state index contributed by atoms with van der Waals surface area (Å²) in [7, 11) is 0. The summed E-state index contributed by atoms with van der Waals surface area (Å²) in [5.41, 5.74) is 7.44. The summed E-state index contributed by atoms with van der Waals surface area (Å²) in [6, 6.07) is 9.03. The molecule has 0 saturated carbocycles. The summed E-state index contributed by atoms with van der Waals surface area (Å²) in [6.45, 7) is 1.89. The number of halogens is 1. The van der Waals surface area contributed by atoms with Crippen molar-refractivity contribution in [2.45, 2.75) is 13.0 Å². The molecule has 3 N–H and O–H groups in total. The average molecular weight is 281 g/mol. The lowest BCUT2D eigenvalue weighted by atomic mass is 10.1. The van der Waals surface area contributed by atoms with E-state index in [1.165, 1.54) is 11.3 Å².